The average molecular weight is 252 g/mol. The van der Waals surface area contributed by atoms with Gasteiger partial charge in [-0.1, -0.05) is 11.6 Å². The second-order valence-corrected chi connectivity index (χ2v) is 3.73. The number of halogens is 4. The molecule has 0 bridgehead atoms. The van der Waals surface area contributed by atoms with Gasteiger partial charge in [-0.15, -0.1) is 0 Å². The smallest absolute Gasteiger partial charge is 0.300 e. The summed E-state index contributed by atoms with van der Waals surface area (Å²) < 4.78 is 37.0. The van der Waals surface area contributed by atoms with Crippen LogP contribution in [0.5, 0.6) is 0 Å². The van der Waals surface area contributed by atoms with Crippen LogP contribution < -0.4 is 0 Å². The molecule has 0 amide bonds. The highest BCUT2D eigenvalue weighted by molar-refractivity contribution is 6.30. The average Bonchev–Trinajstić information content (AvgIpc) is 2.14. The van der Waals surface area contributed by atoms with Crippen LogP contribution >= 0.6 is 11.6 Å². The van der Waals surface area contributed by atoms with Crippen molar-refractivity contribution >= 4 is 17.4 Å². The van der Waals surface area contributed by atoms with Gasteiger partial charge in [0.15, 0.2) is 0 Å². The SMILES string of the molecule is CC(=O)CCc1cc(C(F)(F)F)cnc1Cl. The van der Waals surface area contributed by atoms with E-state index in [1.54, 1.807) is 0 Å². The highest BCUT2D eigenvalue weighted by Gasteiger charge is 2.31. The Labute approximate surface area is 95.4 Å². The largest absolute Gasteiger partial charge is 0.417 e. The molecule has 1 aromatic rings. The lowest BCUT2D eigenvalue weighted by Crippen LogP contribution is -2.07. The molecule has 0 unspecified atom stereocenters. The number of aromatic nitrogens is 1. The lowest BCUT2D eigenvalue weighted by Gasteiger charge is -2.09. The summed E-state index contributed by atoms with van der Waals surface area (Å²) in [5, 5.41) is 0.00856. The fourth-order valence-electron chi connectivity index (χ4n) is 1.13. The summed E-state index contributed by atoms with van der Waals surface area (Å²) >= 11 is 5.64. The molecule has 0 atom stereocenters. The maximum absolute atomic E-state index is 12.3. The second-order valence-electron chi connectivity index (χ2n) is 3.37. The number of rotatable bonds is 3. The maximum atomic E-state index is 12.3. The zero-order valence-corrected chi connectivity index (χ0v) is 9.19. The van der Waals surface area contributed by atoms with E-state index < -0.39 is 11.7 Å². The van der Waals surface area contributed by atoms with Crippen molar-refractivity contribution in [2.45, 2.75) is 25.9 Å². The van der Waals surface area contributed by atoms with E-state index in [0.29, 0.717) is 6.20 Å². The van der Waals surface area contributed by atoms with Crippen molar-refractivity contribution in [1.82, 2.24) is 4.98 Å². The number of nitrogens with zero attached hydrogens (tertiary/aromatic N) is 1. The van der Waals surface area contributed by atoms with Gasteiger partial charge in [0.25, 0.3) is 0 Å². The number of aryl methyl sites for hydroxylation is 1. The summed E-state index contributed by atoms with van der Waals surface area (Å²) in [5.41, 5.74) is -0.609. The van der Waals surface area contributed by atoms with Crippen molar-refractivity contribution < 1.29 is 18.0 Å². The van der Waals surface area contributed by atoms with Gasteiger partial charge in [-0.05, 0) is 25.0 Å². The molecule has 0 spiro atoms. The molecule has 0 fully saturated rings. The Balaban J connectivity index is 2.95. The van der Waals surface area contributed by atoms with Crippen LogP contribution in [0.3, 0.4) is 0 Å². The molecule has 16 heavy (non-hydrogen) atoms. The van der Waals surface area contributed by atoms with Crippen LogP contribution in [0.2, 0.25) is 5.15 Å². The van der Waals surface area contributed by atoms with Crippen LogP contribution in [0.25, 0.3) is 0 Å². The minimum Gasteiger partial charge on any atom is -0.300 e. The van der Waals surface area contributed by atoms with Crippen LogP contribution in [0, 0.1) is 0 Å². The van der Waals surface area contributed by atoms with Crippen LogP contribution in [0.4, 0.5) is 13.2 Å². The summed E-state index contributed by atoms with van der Waals surface area (Å²) in [7, 11) is 0. The van der Waals surface area contributed by atoms with Gasteiger partial charge >= 0.3 is 6.18 Å². The predicted octanol–water partition coefficient (Wildman–Crippen LogP) is 3.28. The van der Waals surface area contributed by atoms with Gasteiger partial charge < -0.3 is 4.79 Å². The molecule has 1 aromatic heterocycles. The zero-order chi connectivity index (χ0) is 12.3. The predicted molar refractivity (Wildman–Crippen MR) is 53.3 cm³/mol. The number of carbonyl (C=O) groups excluding carboxylic acids is 1. The minimum atomic E-state index is -4.44. The normalized spacial score (nSPS) is 11.6. The first kappa shape index (κ1) is 13.0. The van der Waals surface area contributed by atoms with Crippen molar-refractivity contribution in [3.8, 4) is 0 Å². The van der Waals surface area contributed by atoms with E-state index in [0.717, 1.165) is 6.07 Å². The minimum absolute atomic E-state index is 0.00856. The monoisotopic (exact) mass is 251 g/mol. The molecule has 2 nitrogen and oxygen atoms in total. The third-order valence-corrected chi connectivity index (χ3v) is 2.33. The molecule has 1 heterocycles. The third-order valence-electron chi connectivity index (χ3n) is 1.99. The lowest BCUT2D eigenvalue weighted by molar-refractivity contribution is -0.137. The summed E-state index contributed by atoms with van der Waals surface area (Å²) in [4.78, 5) is 14.2. The van der Waals surface area contributed by atoms with Gasteiger partial charge in [0.05, 0.1) is 5.56 Å². The van der Waals surface area contributed by atoms with E-state index in [1.807, 2.05) is 0 Å². The summed E-state index contributed by atoms with van der Waals surface area (Å²) in [6.07, 6.45) is -3.43. The standard InChI is InChI=1S/C10H9ClF3NO/c1-6(16)2-3-7-4-8(10(12,13)14)5-15-9(7)11/h4-5H,2-3H2,1H3. The second kappa shape index (κ2) is 4.82. The zero-order valence-electron chi connectivity index (χ0n) is 8.44. The molecule has 0 aromatic carbocycles. The summed E-state index contributed by atoms with van der Waals surface area (Å²) in [6.45, 7) is 1.37. The van der Waals surface area contributed by atoms with Crippen molar-refractivity contribution in [1.29, 1.82) is 0 Å². The molecular formula is C10H9ClF3NO. The van der Waals surface area contributed by atoms with Gasteiger partial charge in [-0.3, -0.25) is 0 Å². The number of alkyl halides is 3. The van der Waals surface area contributed by atoms with Crippen molar-refractivity contribution in [3.63, 3.8) is 0 Å². The van der Waals surface area contributed by atoms with E-state index in [-0.39, 0.29) is 29.3 Å². The first-order valence-electron chi connectivity index (χ1n) is 4.51. The van der Waals surface area contributed by atoms with Crippen LogP contribution in [0.15, 0.2) is 12.3 Å². The van der Waals surface area contributed by atoms with E-state index in [9.17, 15) is 18.0 Å². The Morgan fingerprint density at radius 3 is 2.62 bits per heavy atom. The van der Waals surface area contributed by atoms with Crippen LogP contribution in [-0.4, -0.2) is 10.8 Å². The number of carbonyl (C=O) groups is 1. The van der Waals surface area contributed by atoms with Gasteiger partial charge in [-0.25, -0.2) is 4.98 Å². The van der Waals surface area contributed by atoms with Gasteiger partial charge in [0.1, 0.15) is 10.9 Å². The molecule has 0 N–H and O–H groups in total. The first-order valence-corrected chi connectivity index (χ1v) is 4.89. The van der Waals surface area contributed by atoms with E-state index in [4.69, 9.17) is 11.6 Å². The van der Waals surface area contributed by atoms with Crippen molar-refractivity contribution in [2.24, 2.45) is 0 Å². The maximum Gasteiger partial charge on any atom is 0.417 e. The molecule has 0 radical (unpaired) electrons. The van der Waals surface area contributed by atoms with Gasteiger partial charge in [0.2, 0.25) is 0 Å². The summed E-state index contributed by atoms with van der Waals surface area (Å²) in [5.74, 6) is -0.103. The molecule has 6 heteroatoms. The Bertz CT molecular complexity index is 404. The number of hydrogen-bond donors (Lipinski definition) is 0. The first-order chi connectivity index (χ1) is 7.30. The Morgan fingerprint density at radius 2 is 2.12 bits per heavy atom. The molecule has 1 rings (SSSR count). The van der Waals surface area contributed by atoms with Gasteiger partial charge in [0, 0.05) is 12.6 Å². The quantitative estimate of drug-likeness (QED) is 0.772. The third kappa shape index (κ3) is 3.48. The highest BCUT2D eigenvalue weighted by Crippen LogP contribution is 2.30. The fourth-order valence-corrected chi connectivity index (χ4v) is 1.33. The summed E-state index contributed by atoms with van der Waals surface area (Å²) in [6, 6.07) is 0.929. The fraction of sp³-hybridized carbons (Fsp3) is 0.400. The number of hydrogen-bond acceptors (Lipinski definition) is 2. The molecule has 88 valence electrons. The number of Topliss-reactive ketones (excluding diaryl/α,β-unsaturated/α-hetero) is 1. The van der Waals surface area contributed by atoms with Crippen molar-refractivity contribution in [3.05, 3.63) is 28.5 Å². The van der Waals surface area contributed by atoms with E-state index in [1.165, 1.54) is 6.92 Å². The molecular weight excluding hydrogens is 243 g/mol. The van der Waals surface area contributed by atoms with Crippen LogP contribution in [0.1, 0.15) is 24.5 Å². The molecule has 0 saturated heterocycles. The molecule has 0 aliphatic carbocycles. The molecule has 0 aliphatic heterocycles. The van der Waals surface area contributed by atoms with E-state index >= 15 is 0 Å². The number of ketones is 1. The Morgan fingerprint density at radius 1 is 1.50 bits per heavy atom. The molecule has 0 aliphatic rings. The topological polar surface area (TPSA) is 30.0 Å². The van der Waals surface area contributed by atoms with E-state index in [2.05, 4.69) is 4.98 Å². The van der Waals surface area contributed by atoms with Gasteiger partial charge in [-0.2, -0.15) is 13.2 Å². The number of pyridine rings is 1. The van der Waals surface area contributed by atoms with Crippen molar-refractivity contribution in [2.75, 3.05) is 0 Å². The Hall–Kier alpha value is -1.10. The highest BCUT2D eigenvalue weighted by atomic mass is 35.5. The lowest BCUT2D eigenvalue weighted by atomic mass is 10.1. The van der Waals surface area contributed by atoms with Crippen LogP contribution in [-0.2, 0) is 17.4 Å². The Kier molecular flexibility index (Phi) is 3.91. The molecule has 0 saturated carbocycles.